The van der Waals surface area contributed by atoms with Gasteiger partial charge in [0.2, 0.25) is 0 Å². The molecule has 268 valence electrons. The van der Waals surface area contributed by atoms with Crippen molar-refractivity contribution in [2.24, 2.45) is 0 Å². The monoisotopic (exact) mass is 690 g/mol. The number of fused-ring (bicyclic) bond motifs is 2. The van der Waals surface area contributed by atoms with Gasteiger partial charge in [-0.25, -0.2) is 0 Å². The average molecular weight is 691 g/mol. The third-order valence-corrected chi connectivity index (χ3v) is 9.64. The molecule has 0 N–H and O–H groups in total. The Hall–Kier alpha value is -2.78. The molecule has 11 nitrogen and oxygen atoms in total. The van der Waals surface area contributed by atoms with Crippen LogP contribution in [0, 0.1) is 0 Å². The molecule has 0 saturated carbocycles. The molecule has 0 amide bonds. The Kier molecular flexibility index (Phi) is 9.83. The zero-order chi connectivity index (χ0) is 34.3. The van der Waals surface area contributed by atoms with Crippen molar-refractivity contribution in [3.63, 3.8) is 0 Å². The Morgan fingerprint density at radius 2 is 1.20 bits per heavy atom. The normalized spacial score (nSPS) is 37.3. The Balaban J connectivity index is 1.12. The van der Waals surface area contributed by atoms with Crippen LogP contribution in [0.15, 0.2) is 91.0 Å². The first-order valence-electron chi connectivity index (χ1n) is 17.5. The summed E-state index contributed by atoms with van der Waals surface area (Å²) in [4.78, 5) is 0. The summed E-state index contributed by atoms with van der Waals surface area (Å²) in [6.07, 6.45) is -6.73. The molecule has 11 heteroatoms. The van der Waals surface area contributed by atoms with Gasteiger partial charge < -0.3 is 52.1 Å². The van der Waals surface area contributed by atoms with Crippen LogP contribution in [-0.2, 0) is 65.3 Å². The summed E-state index contributed by atoms with van der Waals surface area (Å²) in [7, 11) is 0. The molecule has 11 atom stereocenters. The summed E-state index contributed by atoms with van der Waals surface area (Å²) in [5.41, 5.74) is 2.93. The number of hydrogen-bond acceptors (Lipinski definition) is 11. The number of benzene rings is 3. The van der Waals surface area contributed by atoms with Crippen LogP contribution in [0.3, 0.4) is 0 Å². The van der Waals surface area contributed by atoms with Crippen LogP contribution < -0.4 is 0 Å². The fourth-order valence-corrected chi connectivity index (χ4v) is 7.33. The van der Waals surface area contributed by atoms with Crippen LogP contribution >= 0.6 is 0 Å². The van der Waals surface area contributed by atoms with Crippen molar-refractivity contribution in [1.29, 1.82) is 0 Å². The van der Waals surface area contributed by atoms with Gasteiger partial charge in [0.05, 0.1) is 26.4 Å². The lowest BCUT2D eigenvalue weighted by Crippen LogP contribution is -2.64. The molecule has 5 saturated heterocycles. The molecule has 5 fully saturated rings. The second-order valence-corrected chi connectivity index (χ2v) is 14.3. The molecule has 0 bridgehead atoms. The summed E-state index contributed by atoms with van der Waals surface area (Å²) < 4.78 is 71.5. The van der Waals surface area contributed by atoms with E-state index in [1.54, 1.807) is 0 Å². The number of hydrogen-bond donors (Lipinski definition) is 0. The van der Waals surface area contributed by atoms with E-state index < -0.39 is 79.3 Å². The largest absolute Gasteiger partial charge is 0.368 e. The molecule has 5 unspecified atom stereocenters. The fourth-order valence-electron chi connectivity index (χ4n) is 7.33. The second-order valence-electron chi connectivity index (χ2n) is 14.3. The van der Waals surface area contributed by atoms with E-state index >= 15 is 0 Å². The molecule has 3 aromatic rings. The van der Waals surface area contributed by atoms with Gasteiger partial charge in [0, 0.05) is 5.56 Å². The average Bonchev–Trinajstić information content (AvgIpc) is 3.75. The standard InChI is InChI=1S/C39H46O11/c1-38(2)43-23-28(48-38)30-32(34-37(46-30)50-39(3,4)49-34)47-36-33(41-21-25-16-10-6-11-17-25)31(40-20-24-14-8-5-9-15-24)29-27(44-36)22-42-35(45-29)26-18-12-7-13-19-26/h5-19,27-37H,20-23H2,1-4H3/t27?,28?,29-,30-,31-,32+,33?,34?,35?,36+,37-/m1/s1. The molecule has 0 radical (unpaired) electrons. The molecule has 50 heavy (non-hydrogen) atoms. The lowest BCUT2D eigenvalue weighted by Gasteiger charge is -2.49. The van der Waals surface area contributed by atoms with Crippen LogP contribution in [0.4, 0.5) is 0 Å². The Bertz CT molecular complexity index is 1540. The van der Waals surface area contributed by atoms with E-state index in [-0.39, 0.29) is 6.61 Å². The van der Waals surface area contributed by atoms with Gasteiger partial charge in [-0.15, -0.1) is 0 Å². The smallest absolute Gasteiger partial charge is 0.190 e. The van der Waals surface area contributed by atoms with Gasteiger partial charge in [-0.3, -0.25) is 0 Å². The highest BCUT2D eigenvalue weighted by atomic mass is 16.9. The third-order valence-electron chi connectivity index (χ3n) is 9.64. The van der Waals surface area contributed by atoms with Crippen molar-refractivity contribution >= 4 is 0 Å². The summed E-state index contributed by atoms with van der Waals surface area (Å²) >= 11 is 0. The molecule has 3 aromatic carbocycles. The predicted molar refractivity (Wildman–Crippen MR) is 177 cm³/mol. The van der Waals surface area contributed by atoms with Gasteiger partial charge in [-0.1, -0.05) is 91.0 Å². The highest BCUT2D eigenvalue weighted by molar-refractivity contribution is 5.18. The summed E-state index contributed by atoms with van der Waals surface area (Å²) in [6.45, 7) is 8.71. The zero-order valence-corrected chi connectivity index (χ0v) is 28.8. The van der Waals surface area contributed by atoms with Gasteiger partial charge >= 0.3 is 0 Å². The van der Waals surface area contributed by atoms with Crippen LogP contribution in [0.1, 0.15) is 50.7 Å². The fraction of sp³-hybridized carbons (Fsp3) is 0.538. The third kappa shape index (κ3) is 7.41. The summed E-state index contributed by atoms with van der Waals surface area (Å²) in [6, 6.07) is 29.9. The van der Waals surface area contributed by atoms with E-state index in [1.165, 1.54) is 0 Å². The Morgan fingerprint density at radius 1 is 0.580 bits per heavy atom. The van der Waals surface area contributed by atoms with E-state index in [2.05, 4.69) is 0 Å². The van der Waals surface area contributed by atoms with Crippen molar-refractivity contribution in [3.05, 3.63) is 108 Å². The van der Waals surface area contributed by atoms with Crippen molar-refractivity contribution in [3.8, 4) is 0 Å². The van der Waals surface area contributed by atoms with Crippen LogP contribution in [0.5, 0.6) is 0 Å². The first-order valence-corrected chi connectivity index (χ1v) is 17.5. The maximum absolute atomic E-state index is 6.99. The van der Waals surface area contributed by atoms with E-state index in [0.29, 0.717) is 19.8 Å². The first-order chi connectivity index (χ1) is 24.2. The van der Waals surface area contributed by atoms with Gasteiger partial charge in [0.1, 0.15) is 48.8 Å². The van der Waals surface area contributed by atoms with Crippen molar-refractivity contribution in [1.82, 2.24) is 0 Å². The SMILES string of the molecule is CC1(C)OCC([C@H]2O[C@@H]3OC(C)(C)OC3[C@H]2O[C@@H]2OC3COC(c4ccccc4)O[C@H]3[C@@H](OCc3ccccc3)C2OCc2ccccc2)O1. The molecular formula is C39H46O11. The predicted octanol–water partition coefficient (Wildman–Crippen LogP) is 5.41. The maximum Gasteiger partial charge on any atom is 0.190 e. The molecule has 5 aliphatic rings. The quantitative estimate of drug-likeness (QED) is 0.273. The Labute approximate surface area is 292 Å². The first kappa shape index (κ1) is 34.3. The topological polar surface area (TPSA) is 102 Å². The highest BCUT2D eigenvalue weighted by Crippen LogP contribution is 2.44. The molecule has 0 aromatic heterocycles. The molecular weight excluding hydrogens is 644 g/mol. The maximum atomic E-state index is 6.99. The lowest BCUT2D eigenvalue weighted by molar-refractivity contribution is -0.381. The van der Waals surface area contributed by atoms with Gasteiger partial charge in [0.15, 0.2) is 30.4 Å². The number of rotatable bonds is 10. The molecule has 8 rings (SSSR count). The minimum atomic E-state index is -0.918. The number of ether oxygens (including phenoxy) is 11. The highest BCUT2D eigenvalue weighted by Gasteiger charge is 2.61. The van der Waals surface area contributed by atoms with Gasteiger partial charge in [-0.05, 0) is 38.8 Å². The van der Waals surface area contributed by atoms with Crippen molar-refractivity contribution in [2.45, 2.75) is 120 Å². The minimum absolute atomic E-state index is 0.262. The van der Waals surface area contributed by atoms with Crippen molar-refractivity contribution < 1.29 is 52.1 Å². The van der Waals surface area contributed by atoms with E-state index in [0.717, 1.165) is 16.7 Å². The summed E-state index contributed by atoms with van der Waals surface area (Å²) in [5, 5.41) is 0. The minimum Gasteiger partial charge on any atom is -0.368 e. The molecule has 0 aliphatic carbocycles. The van der Waals surface area contributed by atoms with E-state index in [1.807, 2.05) is 119 Å². The van der Waals surface area contributed by atoms with Crippen LogP contribution in [0.25, 0.3) is 0 Å². The van der Waals surface area contributed by atoms with Gasteiger partial charge in [0.25, 0.3) is 0 Å². The van der Waals surface area contributed by atoms with Crippen LogP contribution in [-0.4, -0.2) is 86.2 Å². The molecule has 0 spiro atoms. The molecule has 5 heterocycles. The summed E-state index contributed by atoms with van der Waals surface area (Å²) in [5.74, 6) is -1.63. The van der Waals surface area contributed by atoms with Gasteiger partial charge in [-0.2, -0.15) is 0 Å². The van der Waals surface area contributed by atoms with E-state index in [9.17, 15) is 0 Å². The lowest BCUT2D eigenvalue weighted by atomic mass is 9.96. The second kappa shape index (κ2) is 14.3. The molecule has 5 aliphatic heterocycles. The van der Waals surface area contributed by atoms with E-state index in [4.69, 9.17) is 52.1 Å². The van der Waals surface area contributed by atoms with Crippen molar-refractivity contribution in [2.75, 3.05) is 13.2 Å². The zero-order valence-electron chi connectivity index (χ0n) is 28.8. The van der Waals surface area contributed by atoms with Crippen LogP contribution in [0.2, 0.25) is 0 Å². The Morgan fingerprint density at radius 3 is 1.84 bits per heavy atom.